The summed E-state index contributed by atoms with van der Waals surface area (Å²) in [5, 5.41) is 0. The minimum Gasteiger partial charge on any atom is -0.372 e. The molecule has 17 heavy (non-hydrogen) atoms. The largest absolute Gasteiger partial charge is 0.372 e. The fourth-order valence-corrected chi connectivity index (χ4v) is 2.12. The molecule has 0 fully saturated rings. The summed E-state index contributed by atoms with van der Waals surface area (Å²) in [4.78, 5) is 14.1. The number of Topliss-reactive ketones (excluding diaryl/α,β-unsaturated/α-hetero) is 1. The van der Waals surface area contributed by atoms with Gasteiger partial charge in [0.05, 0.1) is 0 Å². The molecular weight excluding hydrogens is 210 g/mol. The molecule has 0 aliphatic carbocycles. The number of aryl methyl sites for hydroxylation is 1. The van der Waals surface area contributed by atoms with E-state index in [-0.39, 0.29) is 5.78 Å². The first-order valence-corrected chi connectivity index (χ1v) is 6.52. The van der Waals surface area contributed by atoms with Crippen LogP contribution in [0.3, 0.4) is 0 Å². The lowest BCUT2D eigenvalue weighted by atomic mass is 10.0. The number of rotatable bonds is 6. The average molecular weight is 233 g/mol. The first-order chi connectivity index (χ1) is 8.13. The van der Waals surface area contributed by atoms with Gasteiger partial charge in [-0.1, -0.05) is 6.92 Å². The molecule has 0 aliphatic heterocycles. The van der Waals surface area contributed by atoms with E-state index in [9.17, 15) is 4.79 Å². The predicted molar refractivity (Wildman–Crippen MR) is 74.0 cm³/mol. The molecule has 0 atom stereocenters. The van der Waals surface area contributed by atoms with Crippen molar-refractivity contribution >= 4 is 11.5 Å². The van der Waals surface area contributed by atoms with Crippen molar-refractivity contribution in [3.63, 3.8) is 0 Å². The SMILES string of the molecule is CCCC(=O)c1ccc(N(CC)CC)c(C)c1. The molecule has 0 heterocycles. The maximum absolute atomic E-state index is 11.8. The Kier molecular flexibility index (Phi) is 5.20. The molecule has 1 aromatic rings. The summed E-state index contributed by atoms with van der Waals surface area (Å²) in [6.07, 6.45) is 1.56. The van der Waals surface area contributed by atoms with E-state index < -0.39 is 0 Å². The summed E-state index contributed by atoms with van der Waals surface area (Å²) in [6.45, 7) is 10.4. The second kappa shape index (κ2) is 6.43. The van der Waals surface area contributed by atoms with Gasteiger partial charge in [0.15, 0.2) is 5.78 Å². The topological polar surface area (TPSA) is 20.3 Å². The monoisotopic (exact) mass is 233 g/mol. The van der Waals surface area contributed by atoms with Crippen LogP contribution in [0.5, 0.6) is 0 Å². The zero-order valence-corrected chi connectivity index (χ0v) is 11.4. The second-order valence-corrected chi connectivity index (χ2v) is 4.35. The van der Waals surface area contributed by atoms with Gasteiger partial charge >= 0.3 is 0 Å². The maximum atomic E-state index is 11.8. The first kappa shape index (κ1) is 13.8. The van der Waals surface area contributed by atoms with E-state index in [0.717, 1.165) is 25.1 Å². The molecule has 0 amide bonds. The van der Waals surface area contributed by atoms with Crippen molar-refractivity contribution in [1.29, 1.82) is 0 Å². The molecule has 0 radical (unpaired) electrons. The molecule has 2 nitrogen and oxygen atoms in total. The van der Waals surface area contributed by atoms with Crippen molar-refractivity contribution in [2.75, 3.05) is 18.0 Å². The van der Waals surface area contributed by atoms with Gasteiger partial charge in [0.1, 0.15) is 0 Å². The molecule has 1 rings (SSSR count). The van der Waals surface area contributed by atoms with Crippen LogP contribution in [-0.4, -0.2) is 18.9 Å². The Bertz CT molecular complexity index is 381. The number of ketones is 1. The molecule has 0 bridgehead atoms. The molecule has 0 aliphatic rings. The Labute approximate surface area is 105 Å². The molecule has 0 unspecified atom stereocenters. The van der Waals surface area contributed by atoms with Crippen molar-refractivity contribution in [1.82, 2.24) is 0 Å². The van der Waals surface area contributed by atoms with Crippen molar-refractivity contribution in [3.8, 4) is 0 Å². The Balaban J connectivity index is 2.97. The van der Waals surface area contributed by atoms with Gasteiger partial charge in [-0.2, -0.15) is 0 Å². The molecule has 2 heteroatoms. The highest BCUT2D eigenvalue weighted by atomic mass is 16.1. The van der Waals surface area contributed by atoms with Crippen LogP contribution in [0.2, 0.25) is 0 Å². The number of hydrogen-bond acceptors (Lipinski definition) is 2. The highest BCUT2D eigenvalue weighted by molar-refractivity contribution is 5.96. The van der Waals surface area contributed by atoms with Gasteiger partial charge in [0, 0.05) is 30.8 Å². The molecule has 94 valence electrons. The molecule has 0 saturated heterocycles. The van der Waals surface area contributed by atoms with Gasteiger partial charge in [-0.15, -0.1) is 0 Å². The number of carbonyl (C=O) groups is 1. The Hall–Kier alpha value is -1.31. The van der Waals surface area contributed by atoms with E-state index in [4.69, 9.17) is 0 Å². The number of hydrogen-bond donors (Lipinski definition) is 0. The fourth-order valence-electron chi connectivity index (χ4n) is 2.12. The lowest BCUT2D eigenvalue weighted by Gasteiger charge is -2.23. The van der Waals surface area contributed by atoms with Crippen molar-refractivity contribution in [2.45, 2.75) is 40.5 Å². The fraction of sp³-hybridized carbons (Fsp3) is 0.533. The Morgan fingerprint density at radius 1 is 1.18 bits per heavy atom. The molecule has 0 spiro atoms. The van der Waals surface area contributed by atoms with Crippen LogP contribution >= 0.6 is 0 Å². The van der Waals surface area contributed by atoms with Crippen LogP contribution in [0.25, 0.3) is 0 Å². The van der Waals surface area contributed by atoms with Crippen molar-refractivity contribution in [2.24, 2.45) is 0 Å². The third kappa shape index (κ3) is 3.32. The van der Waals surface area contributed by atoms with E-state index in [0.29, 0.717) is 6.42 Å². The number of benzene rings is 1. The van der Waals surface area contributed by atoms with Crippen molar-refractivity contribution < 1.29 is 4.79 Å². The lowest BCUT2D eigenvalue weighted by Crippen LogP contribution is -2.22. The normalized spacial score (nSPS) is 10.4. The van der Waals surface area contributed by atoms with Gasteiger partial charge in [0.2, 0.25) is 0 Å². The standard InChI is InChI=1S/C15H23NO/c1-5-8-15(17)13-9-10-14(12(4)11-13)16(6-2)7-3/h9-11H,5-8H2,1-4H3. The summed E-state index contributed by atoms with van der Waals surface area (Å²) in [5.41, 5.74) is 3.28. The van der Waals surface area contributed by atoms with Crippen LogP contribution in [0.15, 0.2) is 18.2 Å². The molecule has 0 saturated carbocycles. The minimum absolute atomic E-state index is 0.252. The summed E-state index contributed by atoms with van der Waals surface area (Å²) in [7, 11) is 0. The third-order valence-electron chi connectivity index (χ3n) is 3.10. The third-order valence-corrected chi connectivity index (χ3v) is 3.10. The van der Waals surface area contributed by atoms with Gasteiger partial charge in [-0.25, -0.2) is 0 Å². The van der Waals surface area contributed by atoms with Crippen LogP contribution in [-0.2, 0) is 0 Å². The van der Waals surface area contributed by atoms with Gasteiger partial charge in [0.25, 0.3) is 0 Å². The van der Waals surface area contributed by atoms with Gasteiger partial charge in [-0.3, -0.25) is 4.79 Å². The molecule has 1 aromatic carbocycles. The van der Waals surface area contributed by atoms with Crippen LogP contribution in [0.1, 0.15) is 49.5 Å². The summed E-state index contributed by atoms with van der Waals surface area (Å²) >= 11 is 0. The number of carbonyl (C=O) groups excluding carboxylic acids is 1. The summed E-state index contributed by atoms with van der Waals surface area (Å²) < 4.78 is 0. The van der Waals surface area contributed by atoms with Gasteiger partial charge < -0.3 is 4.90 Å². The van der Waals surface area contributed by atoms with E-state index in [2.05, 4.69) is 31.7 Å². The van der Waals surface area contributed by atoms with Crippen LogP contribution in [0, 0.1) is 6.92 Å². The average Bonchev–Trinajstić information content (AvgIpc) is 2.32. The zero-order chi connectivity index (χ0) is 12.8. The molecule has 0 N–H and O–H groups in total. The van der Waals surface area contributed by atoms with Crippen LogP contribution in [0.4, 0.5) is 5.69 Å². The van der Waals surface area contributed by atoms with Crippen LogP contribution < -0.4 is 4.90 Å². The smallest absolute Gasteiger partial charge is 0.162 e. The first-order valence-electron chi connectivity index (χ1n) is 6.52. The maximum Gasteiger partial charge on any atom is 0.162 e. The Morgan fingerprint density at radius 2 is 1.82 bits per heavy atom. The quantitative estimate of drug-likeness (QED) is 0.696. The Morgan fingerprint density at radius 3 is 2.29 bits per heavy atom. The van der Waals surface area contributed by atoms with E-state index >= 15 is 0 Å². The van der Waals surface area contributed by atoms with Crippen molar-refractivity contribution in [3.05, 3.63) is 29.3 Å². The van der Waals surface area contributed by atoms with E-state index in [1.807, 2.05) is 19.1 Å². The summed E-state index contributed by atoms with van der Waals surface area (Å²) in [5.74, 6) is 0.252. The summed E-state index contributed by atoms with van der Waals surface area (Å²) in [6, 6.07) is 6.05. The van der Waals surface area contributed by atoms with E-state index in [1.54, 1.807) is 0 Å². The minimum atomic E-state index is 0.252. The highest BCUT2D eigenvalue weighted by Crippen LogP contribution is 2.21. The van der Waals surface area contributed by atoms with Gasteiger partial charge in [-0.05, 0) is 51.0 Å². The molecule has 0 aromatic heterocycles. The predicted octanol–water partition coefficient (Wildman–Crippen LogP) is 3.82. The number of nitrogens with zero attached hydrogens (tertiary/aromatic N) is 1. The zero-order valence-electron chi connectivity index (χ0n) is 11.4. The molecular formula is C15H23NO. The highest BCUT2D eigenvalue weighted by Gasteiger charge is 2.09. The lowest BCUT2D eigenvalue weighted by molar-refractivity contribution is 0.0981. The number of anilines is 1. The second-order valence-electron chi connectivity index (χ2n) is 4.35. The van der Waals surface area contributed by atoms with E-state index in [1.165, 1.54) is 11.3 Å².